The van der Waals surface area contributed by atoms with Crippen molar-refractivity contribution in [3.63, 3.8) is 0 Å². The molecular formula is C24H41IN4O3. The van der Waals surface area contributed by atoms with Crippen molar-refractivity contribution in [1.82, 2.24) is 15.1 Å². The van der Waals surface area contributed by atoms with Crippen LogP contribution in [-0.4, -0.2) is 89.5 Å². The average Bonchev–Trinajstić information content (AvgIpc) is 3.31. The Bertz CT molecular complexity index is 688. The number of likely N-dealkylation sites (tertiary alicyclic amines) is 2. The highest BCUT2D eigenvalue weighted by Crippen LogP contribution is 2.33. The molecule has 0 radical (unpaired) electrons. The number of methoxy groups -OCH3 is 3. The fourth-order valence-electron chi connectivity index (χ4n) is 4.54. The summed E-state index contributed by atoms with van der Waals surface area (Å²) in [5.41, 5.74) is 1.28. The SMILES string of the molecule is CCNC(=NCC1CCN(CCOC)CC1)N1CCC(c2cc(OC)cc(OC)c2)C1.I. The number of guanidine groups is 1. The summed E-state index contributed by atoms with van der Waals surface area (Å²) in [7, 11) is 5.19. The topological polar surface area (TPSA) is 58.6 Å². The molecule has 2 saturated heterocycles. The highest BCUT2D eigenvalue weighted by Gasteiger charge is 2.27. The average molecular weight is 561 g/mol. The first-order valence-corrected chi connectivity index (χ1v) is 11.6. The molecule has 2 aliphatic rings. The Hall–Kier alpha value is -1.26. The monoisotopic (exact) mass is 560 g/mol. The fraction of sp³-hybridized carbons (Fsp3) is 0.708. The highest BCUT2D eigenvalue weighted by molar-refractivity contribution is 14.0. The number of nitrogens with zero attached hydrogens (tertiary/aromatic N) is 3. The molecule has 0 spiro atoms. The fourth-order valence-corrected chi connectivity index (χ4v) is 4.54. The Balaban J connectivity index is 0.00000363. The minimum absolute atomic E-state index is 0. The first-order valence-electron chi connectivity index (χ1n) is 11.6. The third-order valence-electron chi connectivity index (χ3n) is 6.49. The number of hydrogen-bond donors (Lipinski definition) is 1. The summed E-state index contributed by atoms with van der Waals surface area (Å²) in [5, 5.41) is 3.52. The van der Waals surface area contributed by atoms with E-state index in [-0.39, 0.29) is 24.0 Å². The lowest BCUT2D eigenvalue weighted by molar-refractivity contribution is 0.121. The van der Waals surface area contributed by atoms with E-state index in [1.165, 1.54) is 18.4 Å². The molecular weight excluding hydrogens is 519 g/mol. The number of nitrogens with one attached hydrogen (secondary N) is 1. The van der Waals surface area contributed by atoms with E-state index in [9.17, 15) is 0 Å². The summed E-state index contributed by atoms with van der Waals surface area (Å²) in [6, 6.07) is 6.21. The highest BCUT2D eigenvalue weighted by atomic mass is 127. The van der Waals surface area contributed by atoms with Gasteiger partial charge in [-0.15, -0.1) is 24.0 Å². The Labute approximate surface area is 210 Å². The van der Waals surface area contributed by atoms with Gasteiger partial charge < -0.3 is 29.3 Å². The number of hydrogen-bond acceptors (Lipinski definition) is 5. The third kappa shape index (κ3) is 7.66. The van der Waals surface area contributed by atoms with Crippen LogP contribution in [-0.2, 0) is 4.74 Å². The lowest BCUT2D eigenvalue weighted by Crippen LogP contribution is -2.41. The standard InChI is InChI=1S/C24H40N4O3.HI/c1-5-25-24(26-17-19-6-9-27(10-7-19)12-13-29-2)28-11-8-20(18-28)21-14-22(30-3)16-23(15-21)31-4;/h14-16,19-20H,5-13,17-18H2,1-4H3,(H,25,26);1H. The maximum atomic E-state index is 5.46. The lowest BCUT2D eigenvalue weighted by atomic mass is 9.97. The predicted molar refractivity (Wildman–Crippen MR) is 141 cm³/mol. The van der Waals surface area contributed by atoms with Crippen molar-refractivity contribution in [3.8, 4) is 11.5 Å². The van der Waals surface area contributed by atoms with Crippen molar-refractivity contribution >= 4 is 29.9 Å². The second-order valence-corrected chi connectivity index (χ2v) is 8.55. The Morgan fingerprint density at radius 1 is 1.03 bits per heavy atom. The molecule has 1 N–H and O–H groups in total. The molecule has 0 saturated carbocycles. The lowest BCUT2D eigenvalue weighted by Gasteiger charge is -2.31. The third-order valence-corrected chi connectivity index (χ3v) is 6.49. The van der Waals surface area contributed by atoms with Crippen LogP contribution in [0.25, 0.3) is 0 Å². The van der Waals surface area contributed by atoms with Crippen molar-refractivity contribution in [2.75, 3.05) is 73.7 Å². The van der Waals surface area contributed by atoms with Crippen molar-refractivity contribution in [1.29, 1.82) is 0 Å². The van der Waals surface area contributed by atoms with Crippen molar-refractivity contribution in [2.24, 2.45) is 10.9 Å². The van der Waals surface area contributed by atoms with E-state index < -0.39 is 0 Å². The van der Waals surface area contributed by atoms with Crippen LogP contribution in [0.1, 0.15) is 37.7 Å². The summed E-state index contributed by atoms with van der Waals surface area (Å²) in [6.45, 7) is 10.1. The summed E-state index contributed by atoms with van der Waals surface area (Å²) >= 11 is 0. The number of benzene rings is 1. The predicted octanol–water partition coefficient (Wildman–Crippen LogP) is 3.44. The zero-order chi connectivity index (χ0) is 22.1. The van der Waals surface area contributed by atoms with E-state index in [1.54, 1.807) is 21.3 Å². The van der Waals surface area contributed by atoms with Gasteiger partial charge in [0, 0.05) is 51.8 Å². The Morgan fingerprint density at radius 3 is 2.31 bits per heavy atom. The van der Waals surface area contributed by atoms with Gasteiger partial charge in [-0.25, -0.2) is 0 Å². The van der Waals surface area contributed by atoms with Gasteiger partial charge in [0.1, 0.15) is 11.5 Å². The van der Waals surface area contributed by atoms with E-state index in [4.69, 9.17) is 19.2 Å². The van der Waals surface area contributed by atoms with Gasteiger partial charge in [0.15, 0.2) is 5.96 Å². The number of piperidine rings is 1. The molecule has 182 valence electrons. The van der Waals surface area contributed by atoms with Crippen LogP contribution in [0.5, 0.6) is 11.5 Å². The van der Waals surface area contributed by atoms with Crippen LogP contribution in [0.2, 0.25) is 0 Å². The van der Waals surface area contributed by atoms with Crippen molar-refractivity contribution in [3.05, 3.63) is 23.8 Å². The molecule has 1 atom stereocenters. The van der Waals surface area contributed by atoms with Gasteiger partial charge in [-0.3, -0.25) is 4.99 Å². The van der Waals surface area contributed by atoms with Gasteiger partial charge in [-0.1, -0.05) is 0 Å². The molecule has 0 amide bonds. The van der Waals surface area contributed by atoms with E-state index in [0.717, 1.165) is 76.3 Å². The van der Waals surface area contributed by atoms with E-state index in [2.05, 4.69) is 34.2 Å². The summed E-state index contributed by atoms with van der Waals surface area (Å²) in [6.07, 6.45) is 3.55. The van der Waals surface area contributed by atoms with Crippen LogP contribution in [0.3, 0.4) is 0 Å². The molecule has 0 aliphatic carbocycles. The largest absolute Gasteiger partial charge is 0.497 e. The zero-order valence-corrected chi connectivity index (χ0v) is 22.5. The van der Waals surface area contributed by atoms with Gasteiger partial charge in [-0.05, 0) is 62.9 Å². The number of rotatable bonds is 9. The molecule has 1 aromatic rings. The number of aliphatic imine (C=N–C) groups is 1. The minimum Gasteiger partial charge on any atom is -0.497 e. The van der Waals surface area contributed by atoms with Crippen LogP contribution in [0, 0.1) is 5.92 Å². The maximum absolute atomic E-state index is 5.46. The molecule has 2 fully saturated rings. The summed E-state index contributed by atoms with van der Waals surface area (Å²) in [5.74, 6) is 3.89. The Kier molecular flexibility index (Phi) is 11.9. The Morgan fingerprint density at radius 2 is 1.72 bits per heavy atom. The van der Waals surface area contributed by atoms with Gasteiger partial charge in [0.25, 0.3) is 0 Å². The van der Waals surface area contributed by atoms with Crippen molar-refractivity contribution in [2.45, 2.75) is 32.1 Å². The molecule has 8 heteroatoms. The number of halogens is 1. The normalized spacial score (nSPS) is 20.2. The van der Waals surface area contributed by atoms with E-state index >= 15 is 0 Å². The molecule has 32 heavy (non-hydrogen) atoms. The van der Waals surface area contributed by atoms with E-state index in [0.29, 0.717) is 11.8 Å². The molecule has 7 nitrogen and oxygen atoms in total. The van der Waals surface area contributed by atoms with Gasteiger partial charge in [0.05, 0.1) is 20.8 Å². The van der Waals surface area contributed by atoms with Crippen LogP contribution < -0.4 is 14.8 Å². The smallest absolute Gasteiger partial charge is 0.193 e. The molecule has 0 bridgehead atoms. The molecule has 2 aliphatic heterocycles. The van der Waals surface area contributed by atoms with Gasteiger partial charge in [0.2, 0.25) is 0 Å². The number of ether oxygens (including phenoxy) is 3. The van der Waals surface area contributed by atoms with Gasteiger partial charge in [-0.2, -0.15) is 0 Å². The van der Waals surface area contributed by atoms with Crippen LogP contribution in [0.4, 0.5) is 0 Å². The zero-order valence-electron chi connectivity index (χ0n) is 20.1. The summed E-state index contributed by atoms with van der Waals surface area (Å²) < 4.78 is 16.1. The first-order chi connectivity index (χ1) is 15.2. The molecule has 1 aromatic carbocycles. The first kappa shape index (κ1) is 27.0. The van der Waals surface area contributed by atoms with Crippen LogP contribution >= 0.6 is 24.0 Å². The maximum Gasteiger partial charge on any atom is 0.193 e. The molecule has 0 aromatic heterocycles. The van der Waals surface area contributed by atoms with Crippen molar-refractivity contribution < 1.29 is 14.2 Å². The molecule has 3 rings (SSSR count). The van der Waals surface area contributed by atoms with Gasteiger partial charge >= 0.3 is 0 Å². The molecule has 1 unspecified atom stereocenters. The quantitative estimate of drug-likeness (QED) is 0.284. The molecule has 2 heterocycles. The minimum atomic E-state index is 0. The van der Waals surface area contributed by atoms with Crippen LogP contribution in [0.15, 0.2) is 23.2 Å². The second-order valence-electron chi connectivity index (χ2n) is 8.55. The summed E-state index contributed by atoms with van der Waals surface area (Å²) in [4.78, 5) is 9.95. The van der Waals surface area contributed by atoms with E-state index in [1.807, 2.05) is 6.07 Å². The second kappa shape index (κ2) is 14.1.